The molecular formula is C25H28N2O7. The first-order valence-corrected chi connectivity index (χ1v) is 10.6. The molecule has 1 aromatic heterocycles. The number of amides is 1. The molecular weight excluding hydrogens is 440 g/mol. The van der Waals surface area contributed by atoms with Gasteiger partial charge in [-0.15, -0.1) is 0 Å². The summed E-state index contributed by atoms with van der Waals surface area (Å²) in [5, 5.41) is 2.71. The predicted octanol–water partition coefficient (Wildman–Crippen LogP) is 3.28. The molecule has 0 unspecified atom stereocenters. The first kappa shape index (κ1) is 24.5. The first-order chi connectivity index (χ1) is 16.4. The maximum atomic E-state index is 12.4. The quantitative estimate of drug-likeness (QED) is 0.461. The zero-order valence-electron chi connectivity index (χ0n) is 19.6. The number of carbonyl (C=O) groups excluding carboxylic acids is 1. The molecule has 0 aliphatic heterocycles. The molecule has 3 aromatic rings. The van der Waals surface area contributed by atoms with Crippen molar-refractivity contribution in [2.45, 2.75) is 13.5 Å². The molecule has 1 amide bonds. The van der Waals surface area contributed by atoms with Crippen LogP contribution in [0.5, 0.6) is 28.7 Å². The Balaban J connectivity index is 1.59. The molecule has 0 radical (unpaired) electrons. The lowest BCUT2D eigenvalue weighted by Crippen LogP contribution is -2.24. The highest BCUT2D eigenvalue weighted by atomic mass is 16.5. The SMILES string of the molecule is COc1ccc(OCCn2ccc(=O)c(OCC(=O)Nc3ccc(OC)cc3OC)c2C)cc1. The number of nitrogens with one attached hydrogen (secondary N) is 1. The molecule has 0 fully saturated rings. The number of aromatic nitrogens is 1. The van der Waals surface area contributed by atoms with Crippen LogP contribution in [0.25, 0.3) is 0 Å². The monoisotopic (exact) mass is 468 g/mol. The van der Waals surface area contributed by atoms with Crippen molar-refractivity contribution in [1.29, 1.82) is 0 Å². The van der Waals surface area contributed by atoms with Gasteiger partial charge >= 0.3 is 0 Å². The Morgan fingerprint density at radius 1 is 0.882 bits per heavy atom. The Kier molecular flexibility index (Phi) is 8.39. The van der Waals surface area contributed by atoms with Crippen LogP contribution < -0.4 is 34.4 Å². The summed E-state index contributed by atoms with van der Waals surface area (Å²) in [7, 11) is 4.64. The average molecular weight is 469 g/mol. The molecule has 0 atom stereocenters. The van der Waals surface area contributed by atoms with E-state index in [1.54, 1.807) is 45.5 Å². The van der Waals surface area contributed by atoms with Crippen molar-refractivity contribution in [2.75, 3.05) is 39.9 Å². The Bertz CT molecular complexity index is 1170. The van der Waals surface area contributed by atoms with Gasteiger partial charge in [-0.2, -0.15) is 0 Å². The molecule has 1 heterocycles. The van der Waals surface area contributed by atoms with Crippen molar-refractivity contribution in [1.82, 2.24) is 4.57 Å². The van der Waals surface area contributed by atoms with Crippen molar-refractivity contribution < 1.29 is 28.5 Å². The molecule has 0 aliphatic carbocycles. The first-order valence-electron chi connectivity index (χ1n) is 10.6. The van der Waals surface area contributed by atoms with Gasteiger partial charge in [0.25, 0.3) is 5.91 Å². The van der Waals surface area contributed by atoms with Crippen LogP contribution >= 0.6 is 0 Å². The van der Waals surface area contributed by atoms with E-state index in [0.29, 0.717) is 41.8 Å². The second-order valence-electron chi connectivity index (χ2n) is 7.21. The maximum absolute atomic E-state index is 12.4. The highest BCUT2D eigenvalue weighted by Crippen LogP contribution is 2.29. The molecule has 0 spiro atoms. The zero-order valence-corrected chi connectivity index (χ0v) is 19.6. The fourth-order valence-electron chi connectivity index (χ4n) is 3.23. The third-order valence-corrected chi connectivity index (χ3v) is 5.08. The minimum Gasteiger partial charge on any atom is -0.497 e. The summed E-state index contributed by atoms with van der Waals surface area (Å²) in [6, 6.07) is 13.7. The van der Waals surface area contributed by atoms with Crippen molar-refractivity contribution in [2.24, 2.45) is 0 Å². The second kappa shape index (κ2) is 11.6. The molecule has 3 rings (SSSR count). The van der Waals surface area contributed by atoms with Crippen LogP contribution in [-0.2, 0) is 11.3 Å². The summed E-state index contributed by atoms with van der Waals surface area (Å²) >= 11 is 0. The van der Waals surface area contributed by atoms with E-state index in [1.165, 1.54) is 13.2 Å². The van der Waals surface area contributed by atoms with E-state index in [-0.39, 0.29) is 17.8 Å². The van der Waals surface area contributed by atoms with E-state index in [9.17, 15) is 9.59 Å². The number of carbonyl (C=O) groups is 1. The molecule has 34 heavy (non-hydrogen) atoms. The van der Waals surface area contributed by atoms with E-state index in [2.05, 4.69) is 5.32 Å². The summed E-state index contributed by atoms with van der Waals surface area (Å²) in [5.41, 5.74) is 0.759. The van der Waals surface area contributed by atoms with Crippen molar-refractivity contribution in [3.05, 3.63) is 70.6 Å². The summed E-state index contributed by atoms with van der Waals surface area (Å²) in [6.45, 7) is 2.29. The Morgan fingerprint density at radius 2 is 1.56 bits per heavy atom. The topological polar surface area (TPSA) is 97.2 Å². The van der Waals surface area contributed by atoms with Crippen LogP contribution in [-0.4, -0.2) is 45.0 Å². The van der Waals surface area contributed by atoms with Crippen LogP contribution in [0.2, 0.25) is 0 Å². The number of pyridine rings is 1. The van der Waals surface area contributed by atoms with Gasteiger partial charge in [-0.1, -0.05) is 0 Å². The number of hydrogen-bond acceptors (Lipinski definition) is 7. The minimum atomic E-state index is -0.430. The zero-order chi connectivity index (χ0) is 24.5. The molecule has 2 aromatic carbocycles. The maximum Gasteiger partial charge on any atom is 0.262 e. The summed E-state index contributed by atoms with van der Waals surface area (Å²) < 4.78 is 28.7. The predicted molar refractivity (Wildman–Crippen MR) is 128 cm³/mol. The molecule has 0 saturated carbocycles. The van der Waals surface area contributed by atoms with Gasteiger partial charge in [0.15, 0.2) is 12.4 Å². The van der Waals surface area contributed by atoms with E-state index in [1.807, 2.05) is 28.8 Å². The van der Waals surface area contributed by atoms with Crippen molar-refractivity contribution in [3.63, 3.8) is 0 Å². The van der Waals surface area contributed by atoms with Gasteiger partial charge in [0.05, 0.1) is 39.3 Å². The van der Waals surface area contributed by atoms with Gasteiger partial charge in [0.1, 0.15) is 29.6 Å². The van der Waals surface area contributed by atoms with E-state index < -0.39 is 5.91 Å². The molecule has 0 saturated heterocycles. The Hall–Kier alpha value is -4.14. The molecule has 0 aliphatic rings. The fourth-order valence-corrected chi connectivity index (χ4v) is 3.23. The van der Waals surface area contributed by atoms with Gasteiger partial charge in [0.2, 0.25) is 5.43 Å². The third-order valence-electron chi connectivity index (χ3n) is 5.08. The normalized spacial score (nSPS) is 10.4. The number of methoxy groups -OCH3 is 3. The highest BCUT2D eigenvalue weighted by molar-refractivity contribution is 5.93. The number of rotatable bonds is 11. The van der Waals surface area contributed by atoms with E-state index in [4.69, 9.17) is 23.7 Å². The number of anilines is 1. The number of ether oxygens (including phenoxy) is 5. The summed E-state index contributed by atoms with van der Waals surface area (Å²) in [4.78, 5) is 24.8. The second-order valence-corrected chi connectivity index (χ2v) is 7.21. The van der Waals surface area contributed by atoms with Gasteiger partial charge in [-0.3, -0.25) is 9.59 Å². The minimum absolute atomic E-state index is 0.115. The molecule has 0 bridgehead atoms. The Morgan fingerprint density at radius 3 is 2.24 bits per heavy atom. The van der Waals surface area contributed by atoms with Gasteiger partial charge in [-0.05, 0) is 43.3 Å². The highest BCUT2D eigenvalue weighted by Gasteiger charge is 2.13. The average Bonchev–Trinajstić information content (AvgIpc) is 2.86. The van der Waals surface area contributed by atoms with Crippen molar-refractivity contribution in [3.8, 4) is 28.7 Å². The third kappa shape index (κ3) is 6.22. The fraction of sp³-hybridized carbons (Fsp3) is 0.280. The summed E-state index contributed by atoms with van der Waals surface area (Å²) in [5.74, 6) is 2.19. The van der Waals surface area contributed by atoms with Crippen LogP contribution in [0.15, 0.2) is 59.5 Å². The Labute approximate surface area is 197 Å². The van der Waals surface area contributed by atoms with Crippen LogP contribution in [0.4, 0.5) is 5.69 Å². The number of benzene rings is 2. The number of hydrogen-bond donors (Lipinski definition) is 1. The molecule has 9 nitrogen and oxygen atoms in total. The lowest BCUT2D eigenvalue weighted by atomic mass is 10.2. The summed E-state index contributed by atoms with van der Waals surface area (Å²) in [6.07, 6.45) is 1.67. The van der Waals surface area contributed by atoms with Crippen LogP contribution in [0.3, 0.4) is 0 Å². The lowest BCUT2D eigenvalue weighted by Gasteiger charge is -2.16. The molecule has 180 valence electrons. The van der Waals surface area contributed by atoms with Crippen LogP contribution in [0.1, 0.15) is 5.69 Å². The lowest BCUT2D eigenvalue weighted by molar-refractivity contribution is -0.118. The van der Waals surface area contributed by atoms with Gasteiger partial charge in [0, 0.05) is 18.3 Å². The molecule has 1 N–H and O–H groups in total. The number of nitrogens with zero attached hydrogens (tertiary/aromatic N) is 1. The van der Waals surface area contributed by atoms with Crippen molar-refractivity contribution >= 4 is 11.6 Å². The van der Waals surface area contributed by atoms with Crippen LogP contribution in [0, 0.1) is 6.92 Å². The molecule has 9 heteroatoms. The smallest absolute Gasteiger partial charge is 0.262 e. The van der Waals surface area contributed by atoms with E-state index in [0.717, 1.165) is 5.75 Å². The van der Waals surface area contributed by atoms with E-state index >= 15 is 0 Å². The largest absolute Gasteiger partial charge is 0.497 e. The standard InChI is InChI=1S/C25H28N2O7/c1-17-25(34-16-24(29)26-21-10-9-20(31-3)15-23(21)32-4)22(28)11-12-27(17)13-14-33-19-7-5-18(30-2)6-8-19/h5-12,15H,13-14,16H2,1-4H3,(H,26,29). The van der Waals surface area contributed by atoms with Gasteiger partial charge in [-0.25, -0.2) is 0 Å². The van der Waals surface area contributed by atoms with Gasteiger partial charge < -0.3 is 33.6 Å².